The number of anilines is 1. The van der Waals surface area contributed by atoms with Crippen LogP contribution < -0.4 is 4.90 Å². The number of aliphatic hydroxyl groups is 2. The van der Waals surface area contributed by atoms with E-state index in [0.29, 0.717) is 12.0 Å². The molecule has 3 heteroatoms. The number of rotatable bonds is 2. The molecule has 1 heterocycles. The number of piperidine rings is 1. The Kier molecular flexibility index (Phi) is 3.30. The van der Waals surface area contributed by atoms with E-state index in [1.54, 1.807) is 0 Å². The molecule has 1 aromatic rings. The molecule has 1 saturated heterocycles. The predicted octanol–water partition coefficient (Wildman–Crippen LogP) is 2.65. The van der Waals surface area contributed by atoms with Crippen molar-refractivity contribution in [1.29, 1.82) is 0 Å². The van der Waals surface area contributed by atoms with Gasteiger partial charge in [-0.05, 0) is 48.3 Å². The molecule has 1 aliphatic carbocycles. The fourth-order valence-electron chi connectivity index (χ4n) is 3.93. The molecular formula is C17H25NO2. The molecule has 0 radical (unpaired) electrons. The van der Waals surface area contributed by atoms with E-state index in [9.17, 15) is 10.2 Å². The number of aliphatic hydroxyl groups excluding tert-OH is 1. The molecule has 1 aromatic carbocycles. The molecule has 20 heavy (non-hydrogen) atoms. The first kappa shape index (κ1) is 13.9. The molecule has 3 nitrogen and oxygen atoms in total. The van der Waals surface area contributed by atoms with Crippen LogP contribution in [-0.2, 0) is 5.41 Å². The van der Waals surface area contributed by atoms with Gasteiger partial charge in [0.05, 0.1) is 6.04 Å². The van der Waals surface area contributed by atoms with Crippen LogP contribution in [0.3, 0.4) is 0 Å². The second-order valence-corrected chi connectivity index (χ2v) is 7.34. The average molecular weight is 275 g/mol. The Morgan fingerprint density at radius 1 is 1.10 bits per heavy atom. The highest BCUT2D eigenvalue weighted by atomic mass is 16.5. The summed E-state index contributed by atoms with van der Waals surface area (Å²) in [6.07, 6.45) is 2.16. The quantitative estimate of drug-likeness (QED) is 0.816. The van der Waals surface area contributed by atoms with E-state index in [-0.39, 0.29) is 11.5 Å². The van der Waals surface area contributed by atoms with Crippen molar-refractivity contribution in [2.45, 2.75) is 63.8 Å². The molecule has 2 fully saturated rings. The number of fused-ring (bicyclic) bond motifs is 2. The summed E-state index contributed by atoms with van der Waals surface area (Å²) in [5, 5.41) is 19.4. The van der Waals surface area contributed by atoms with Gasteiger partial charge in [-0.15, -0.1) is 0 Å². The topological polar surface area (TPSA) is 43.7 Å². The van der Waals surface area contributed by atoms with Gasteiger partial charge in [0, 0.05) is 11.7 Å². The van der Waals surface area contributed by atoms with Crippen molar-refractivity contribution in [3.63, 3.8) is 0 Å². The van der Waals surface area contributed by atoms with Crippen molar-refractivity contribution < 1.29 is 10.2 Å². The van der Waals surface area contributed by atoms with Crippen LogP contribution in [0.2, 0.25) is 0 Å². The van der Waals surface area contributed by atoms with E-state index in [4.69, 9.17) is 0 Å². The first-order chi connectivity index (χ1) is 9.38. The maximum atomic E-state index is 9.70. The zero-order valence-electron chi connectivity index (χ0n) is 12.6. The van der Waals surface area contributed by atoms with Crippen LogP contribution in [0.4, 0.5) is 5.69 Å². The van der Waals surface area contributed by atoms with E-state index in [0.717, 1.165) is 18.5 Å². The van der Waals surface area contributed by atoms with Gasteiger partial charge in [-0.3, -0.25) is 0 Å². The van der Waals surface area contributed by atoms with Crippen LogP contribution in [0.15, 0.2) is 24.3 Å². The van der Waals surface area contributed by atoms with Gasteiger partial charge >= 0.3 is 0 Å². The standard InChI is InChI=1S/C17H25NO2/c1-17(2,3)12-5-8-13(9-6-12)18-14-7-4-11(10-14)15(18)16(19)20/h5-6,8-9,11,14-16,19-20H,4,7,10H2,1-3H3/t11-,14+,15-/m1/s1. The van der Waals surface area contributed by atoms with Gasteiger partial charge in [0.2, 0.25) is 0 Å². The lowest BCUT2D eigenvalue weighted by atomic mass is 9.87. The van der Waals surface area contributed by atoms with Gasteiger partial charge in [-0.25, -0.2) is 0 Å². The molecule has 1 saturated carbocycles. The third kappa shape index (κ3) is 2.23. The SMILES string of the molecule is CC(C)(C)c1ccc(N2[C@H]3CC[C@H](C3)[C@@H]2C(O)O)cc1. The highest BCUT2D eigenvalue weighted by Gasteiger charge is 2.48. The fraction of sp³-hybridized carbons (Fsp3) is 0.647. The lowest BCUT2D eigenvalue weighted by molar-refractivity contribution is -0.0689. The van der Waals surface area contributed by atoms with E-state index in [1.165, 1.54) is 12.0 Å². The van der Waals surface area contributed by atoms with E-state index < -0.39 is 6.29 Å². The molecule has 0 unspecified atom stereocenters. The van der Waals surface area contributed by atoms with Crippen molar-refractivity contribution in [3.8, 4) is 0 Å². The Hall–Kier alpha value is -1.06. The second kappa shape index (κ2) is 4.74. The molecule has 2 N–H and O–H groups in total. The van der Waals surface area contributed by atoms with Crippen molar-refractivity contribution in [3.05, 3.63) is 29.8 Å². The van der Waals surface area contributed by atoms with Gasteiger partial charge in [0.25, 0.3) is 0 Å². The molecule has 0 aromatic heterocycles. The number of hydrogen-bond acceptors (Lipinski definition) is 3. The summed E-state index contributed by atoms with van der Waals surface area (Å²) < 4.78 is 0. The van der Waals surface area contributed by atoms with Crippen molar-refractivity contribution in [2.24, 2.45) is 5.92 Å². The normalized spacial score (nSPS) is 29.5. The van der Waals surface area contributed by atoms with Crippen molar-refractivity contribution in [2.75, 3.05) is 4.90 Å². The summed E-state index contributed by atoms with van der Waals surface area (Å²) in [6.45, 7) is 6.63. The largest absolute Gasteiger partial charge is 0.366 e. The Labute approximate surface area is 121 Å². The smallest absolute Gasteiger partial charge is 0.172 e. The van der Waals surface area contributed by atoms with E-state index >= 15 is 0 Å². The van der Waals surface area contributed by atoms with Crippen LogP contribution in [-0.4, -0.2) is 28.6 Å². The van der Waals surface area contributed by atoms with Crippen molar-refractivity contribution >= 4 is 5.69 Å². The first-order valence-electron chi connectivity index (χ1n) is 7.63. The highest BCUT2D eigenvalue weighted by Crippen LogP contribution is 2.45. The van der Waals surface area contributed by atoms with E-state index in [1.807, 2.05) is 0 Å². The molecule has 2 aliphatic rings. The molecule has 0 amide bonds. The lowest BCUT2D eigenvalue weighted by Crippen LogP contribution is -2.48. The highest BCUT2D eigenvalue weighted by molar-refractivity contribution is 5.52. The first-order valence-corrected chi connectivity index (χ1v) is 7.63. The van der Waals surface area contributed by atoms with Crippen LogP contribution >= 0.6 is 0 Å². The van der Waals surface area contributed by atoms with Gasteiger partial charge in [0.15, 0.2) is 6.29 Å². The molecule has 3 rings (SSSR count). The van der Waals surface area contributed by atoms with Gasteiger partial charge < -0.3 is 15.1 Å². The Balaban J connectivity index is 1.88. The van der Waals surface area contributed by atoms with Crippen molar-refractivity contribution in [1.82, 2.24) is 0 Å². The molecule has 0 spiro atoms. The molecule has 3 atom stereocenters. The fourth-order valence-corrected chi connectivity index (χ4v) is 3.93. The van der Waals surface area contributed by atoms with Gasteiger partial charge in [-0.2, -0.15) is 0 Å². The molecular weight excluding hydrogens is 250 g/mol. The monoisotopic (exact) mass is 275 g/mol. The number of benzene rings is 1. The third-order valence-corrected chi connectivity index (χ3v) is 4.98. The maximum absolute atomic E-state index is 9.70. The summed E-state index contributed by atoms with van der Waals surface area (Å²) in [5.74, 6) is 0.433. The minimum absolute atomic E-state index is 0.130. The summed E-state index contributed by atoms with van der Waals surface area (Å²) in [5.41, 5.74) is 2.59. The summed E-state index contributed by atoms with van der Waals surface area (Å²) >= 11 is 0. The summed E-state index contributed by atoms with van der Waals surface area (Å²) in [7, 11) is 0. The summed E-state index contributed by atoms with van der Waals surface area (Å²) in [4.78, 5) is 2.24. The zero-order valence-corrected chi connectivity index (χ0v) is 12.6. The van der Waals surface area contributed by atoms with Crippen LogP contribution in [0.5, 0.6) is 0 Å². The zero-order chi connectivity index (χ0) is 14.5. The third-order valence-electron chi connectivity index (χ3n) is 4.98. The Bertz CT molecular complexity index is 475. The van der Waals surface area contributed by atoms with E-state index in [2.05, 4.69) is 49.9 Å². The average Bonchev–Trinajstić information content (AvgIpc) is 2.97. The maximum Gasteiger partial charge on any atom is 0.172 e. The van der Waals surface area contributed by atoms with Crippen LogP contribution in [0, 0.1) is 5.92 Å². The minimum atomic E-state index is -1.24. The minimum Gasteiger partial charge on any atom is -0.366 e. The number of hydrogen-bond donors (Lipinski definition) is 2. The predicted molar refractivity (Wildman–Crippen MR) is 80.8 cm³/mol. The van der Waals surface area contributed by atoms with Gasteiger partial charge in [0.1, 0.15) is 0 Å². The Morgan fingerprint density at radius 2 is 1.75 bits per heavy atom. The number of nitrogens with zero attached hydrogens (tertiary/aromatic N) is 1. The second-order valence-electron chi connectivity index (χ2n) is 7.34. The van der Waals surface area contributed by atoms with Crippen LogP contribution in [0.25, 0.3) is 0 Å². The van der Waals surface area contributed by atoms with Gasteiger partial charge in [-0.1, -0.05) is 32.9 Å². The molecule has 1 aliphatic heterocycles. The molecule has 2 bridgehead atoms. The molecule has 110 valence electrons. The van der Waals surface area contributed by atoms with Crippen LogP contribution in [0.1, 0.15) is 45.6 Å². The Morgan fingerprint density at radius 3 is 2.30 bits per heavy atom. The lowest BCUT2D eigenvalue weighted by Gasteiger charge is -2.38. The summed E-state index contributed by atoms with van der Waals surface area (Å²) in [6, 6.07) is 8.96.